The van der Waals surface area contributed by atoms with Crippen LogP contribution in [0.3, 0.4) is 0 Å². The maximum atomic E-state index is 13.0. The fourth-order valence-electron chi connectivity index (χ4n) is 3.57. The SMILES string of the molecule is CCOCCn1c(=NC(=O)c2ccc(NS(=O)(=O)c3ccccc3)cc2)sc2cc(C(=O)OC)ccc21. The number of thiazole rings is 1. The fraction of sp³-hybridized carbons (Fsp3) is 0.192. The molecule has 192 valence electrons. The third-order valence-electron chi connectivity index (χ3n) is 5.40. The van der Waals surface area contributed by atoms with E-state index in [2.05, 4.69) is 9.71 Å². The average molecular weight is 540 g/mol. The Balaban J connectivity index is 1.63. The normalized spacial score (nSPS) is 12.0. The van der Waals surface area contributed by atoms with Gasteiger partial charge in [-0.1, -0.05) is 29.5 Å². The molecule has 9 nitrogen and oxygen atoms in total. The van der Waals surface area contributed by atoms with Crippen molar-refractivity contribution < 1.29 is 27.5 Å². The molecule has 0 spiro atoms. The van der Waals surface area contributed by atoms with E-state index in [9.17, 15) is 18.0 Å². The van der Waals surface area contributed by atoms with Gasteiger partial charge in [0.25, 0.3) is 15.9 Å². The minimum atomic E-state index is -3.74. The van der Waals surface area contributed by atoms with Gasteiger partial charge in [0.05, 0.1) is 34.4 Å². The van der Waals surface area contributed by atoms with Gasteiger partial charge in [-0.3, -0.25) is 9.52 Å². The smallest absolute Gasteiger partial charge is 0.337 e. The number of hydrogen-bond acceptors (Lipinski definition) is 7. The number of sulfonamides is 1. The van der Waals surface area contributed by atoms with Crippen LogP contribution in [-0.4, -0.2) is 45.2 Å². The molecule has 1 heterocycles. The van der Waals surface area contributed by atoms with Crippen molar-refractivity contribution in [2.24, 2.45) is 4.99 Å². The van der Waals surface area contributed by atoms with Crippen molar-refractivity contribution in [3.8, 4) is 0 Å². The van der Waals surface area contributed by atoms with Crippen molar-refractivity contribution in [1.29, 1.82) is 0 Å². The van der Waals surface area contributed by atoms with Crippen LogP contribution >= 0.6 is 11.3 Å². The van der Waals surface area contributed by atoms with Crippen molar-refractivity contribution in [1.82, 2.24) is 4.57 Å². The number of rotatable bonds is 9. The van der Waals surface area contributed by atoms with E-state index < -0.39 is 21.9 Å². The molecule has 0 bridgehead atoms. The van der Waals surface area contributed by atoms with Crippen molar-refractivity contribution in [3.63, 3.8) is 0 Å². The van der Waals surface area contributed by atoms with Gasteiger partial charge in [-0.2, -0.15) is 4.99 Å². The van der Waals surface area contributed by atoms with Crippen molar-refractivity contribution in [3.05, 3.63) is 88.7 Å². The van der Waals surface area contributed by atoms with Crippen molar-refractivity contribution in [2.75, 3.05) is 25.0 Å². The molecule has 1 amide bonds. The van der Waals surface area contributed by atoms with Gasteiger partial charge in [0, 0.05) is 24.4 Å². The Labute approximate surface area is 218 Å². The zero-order valence-corrected chi connectivity index (χ0v) is 21.8. The Hall–Kier alpha value is -3.80. The van der Waals surface area contributed by atoms with Gasteiger partial charge in [0.2, 0.25) is 0 Å². The summed E-state index contributed by atoms with van der Waals surface area (Å²) >= 11 is 1.28. The summed E-state index contributed by atoms with van der Waals surface area (Å²) in [5.41, 5.74) is 1.84. The summed E-state index contributed by atoms with van der Waals surface area (Å²) in [5, 5.41) is 0. The molecule has 0 aliphatic carbocycles. The third-order valence-corrected chi connectivity index (χ3v) is 7.84. The van der Waals surface area contributed by atoms with E-state index in [4.69, 9.17) is 9.47 Å². The molecule has 0 aliphatic rings. The number of anilines is 1. The molecule has 0 radical (unpaired) electrons. The second-order valence-electron chi connectivity index (χ2n) is 7.82. The van der Waals surface area contributed by atoms with E-state index >= 15 is 0 Å². The molecule has 1 aromatic heterocycles. The van der Waals surface area contributed by atoms with Crippen LogP contribution in [0.25, 0.3) is 10.2 Å². The lowest BCUT2D eigenvalue weighted by Gasteiger charge is -2.08. The summed E-state index contributed by atoms with van der Waals surface area (Å²) in [6, 6.07) is 19.2. The van der Waals surface area contributed by atoms with Gasteiger partial charge in [-0.25, -0.2) is 13.2 Å². The summed E-state index contributed by atoms with van der Waals surface area (Å²) < 4.78 is 40.5. The molecular weight excluding hydrogens is 514 g/mol. The number of benzene rings is 3. The summed E-state index contributed by atoms with van der Waals surface area (Å²) in [6.45, 7) is 3.36. The van der Waals surface area contributed by atoms with Gasteiger partial charge < -0.3 is 14.0 Å². The summed E-state index contributed by atoms with van der Waals surface area (Å²) in [6.07, 6.45) is 0. The first-order valence-corrected chi connectivity index (χ1v) is 13.7. The lowest BCUT2D eigenvalue weighted by atomic mass is 10.2. The van der Waals surface area contributed by atoms with Gasteiger partial charge >= 0.3 is 5.97 Å². The third kappa shape index (κ3) is 6.13. The summed E-state index contributed by atoms with van der Waals surface area (Å²) in [4.78, 5) is 29.9. The van der Waals surface area contributed by atoms with E-state index in [-0.39, 0.29) is 4.90 Å². The average Bonchev–Trinajstić information content (AvgIpc) is 3.25. The largest absolute Gasteiger partial charge is 0.465 e. The van der Waals surface area contributed by atoms with Crippen LogP contribution in [0.1, 0.15) is 27.6 Å². The Morgan fingerprint density at radius 3 is 2.38 bits per heavy atom. The van der Waals surface area contributed by atoms with Gasteiger partial charge in [0.15, 0.2) is 4.80 Å². The maximum Gasteiger partial charge on any atom is 0.337 e. The minimum absolute atomic E-state index is 0.141. The molecule has 0 aliphatic heterocycles. The Kier molecular flexibility index (Phi) is 8.17. The molecule has 0 fully saturated rings. The monoisotopic (exact) mass is 539 g/mol. The molecule has 0 atom stereocenters. The van der Waals surface area contributed by atoms with Crippen LogP contribution in [0.5, 0.6) is 0 Å². The topological polar surface area (TPSA) is 116 Å². The van der Waals surface area contributed by atoms with Gasteiger partial charge in [-0.15, -0.1) is 0 Å². The fourth-order valence-corrected chi connectivity index (χ4v) is 5.74. The number of methoxy groups -OCH3 is 1. The lowest BCUT2D eigenvalue weighted by Crippen LogP contribution is -2.19. The number of fused-ring (bicyclic) bond motifs is 1. The minimum Gasteiger partial charge on any atom is -0.465 e. The first kappa shape index (κ1) is 26.3. The number of esters is 1. The predicted molar refractivity (Wildman–Crippen MR) is 141 cm³/mol. The van der Waals surface area contributed by atoms with E-state index in [1.165, 1.54) is 54.8 Å². The number of aromatic nitrogens is 1. The quantitative estimate of drug-likeness (QED) is 0.253. The Bertz CT molecular complexity index is 1590. The van der Waals surface area contributed by atoms with Crippen LogP contribution in [0.2, 0.25) is 0 Å². The molecule has 11 heteroatoms. The highest BCUT2D eigenvalue weighted by atomic mass is 32.2. The lowest BCUT2D eigenvalue weighted by molar-refractivity contribution is 0.0600. The molecular formula is C26H25N3O6S2. The summed E-state index contributed by atoms with van der Waals surface area (Å²) in [5.74, 6) is -0.934. The van der Waals surface area contributed by atoms with E-state index in [0.29, 0.717) is 41.4 Å². The maximum absolute atomic E-state index is 13.0. The zero-order valence-electron chi connectivity index (χ0n) is 20.2. The zero-order chi connectivity index (χ0) is 26.4. The van der Waals surface area contributed by atoms with Crippen LogP contribution < -0.4 is 9.52 Å². The van der Waals surface area contributed by atoms with Crippen molar-refractivity contribution >= 4 is 49.1 Å². The molecule has 4 rings (SSSR count). The molecule has 3 aromatic carbocycles. The van der Waals surface area contributed by atoms with E-state index in [1.807, 2.05) is 11.5 Å². The molecule has 0 saturated heterocycles. The van der Waals surface area contributed by atoms with Crippen molar-refractivity contribution in [2.45, 2.75) is 18.4 Å². The Morgan fingerprint density at radius 1 is 1.00 bits per heavy atom. The van der Waals surface area contributed by atoms with E-state index in [0.717, 1.165) is 10.2 Å². The molecule has 0 saturated carbocycles. The number of nitrogens with zero attached hydrogens (tertiary/aromatic N) is 2. The van der Waals surface area contributed by atoms with Crippen LogP contribution in [0.4, 0.5) is 5.69 Å². The number of ether oxygens (including phenoxy) is 2. The van der Waals surface area contributed by atoms with Gasteiger partial charge in [0.1, 0.15) is 0 Å². The first-order chi connectivity index (χ1) is 17.8. The number of hydrogen-bond donors (Lipinski definition) is 1. The highest BCUT2D eigenvalue weighted by molar-refractivity contribution is 7.92. The highest BCUT2D eigenvalue weighted by Crippen LogP contribution is 2.21. The van der Waals surface area contributed by atoms with E-state index in [1.54, 1.807) is 36.4 Å². The second kappa shape index (κ2) is 11.5. The Morgan fingerprint density at radius 2 is 1.70 bits per heavy atom. The van der Waals surface area contributed by atoms with Gasteiger partial charge in [-0.05, 0) is 61.5 Å². The number of carbonyl (C=O) groups is 2. The second-order valence-corrected chi connectivity index (χ2v) is 10.5. The highest BCUT2D eigenvalue weighted by Gasteiger charge is 2.15. The first-order valence-electron chi connectivity index (χ1n) is 11.4. The number of amides is 1. The van der Waals surface area contributed by atoms with Crippen LogP contribution in [-0.2, 0) is 26.0 Å². The summed E-state index contributed by atoms with van der Waals surface area (Å²) in [7, 11) is -2.42. The molecule has 37 heavy (non-hydrogen) atoms. The number of nitrogens with one attached hydrogen (secondary N) is 1. The van der Waals surface area contributed by atoms with Crippen LogP contribution in [0, 0.1) is 0 Å². The van der Waals surface area contributed by atoms with Crippen LogP contribution in [0.15, 0.2) is 82.7 Å². The molecule has 1 N–H and O–H groups in total. The molecule has 0 unspecified atom stereocenters. The molecule has 4 aromatic rings. The standard InChI is InChI=1S/C26H25N3O6S2/c1-3-35-16-15-29-22-14-11-19(25(31)34-2)17-23(22)36-26(29)27-24(30)18-9-12-20(13-10-18)28-37(32,33)21-7-5-4-6-8-21/h4-14,17,28H,3,15-16H2,1-2H3. The predicted octanol–water partition coefficient (Wildman–Crippen LogP) is 4.07. The number of carbonyl (C=O) groups excluding carboxylic acids is 2.